The minimum Gasteiger partial charge on any atom is -0.481 e. The SMILES string of the molecule is O=C(Nc1ccc(OC2CCCC2(F)F)c(F)c1)c1nc(N2CC3CCCC3C2)oc1CC(F)(F)F. The van der Waals surface area contributed by atoms with Crippen molar-refractivity contribution < 1.29 is 40.3 Å². The summed E-state index contributed by atoms with van der Waals surface area (Å²) < 4.78 is 92.1. The molecule has 196 valence electrons. The molecule has 3 fully saturated rings. The molecule has 36 heavy (non-hydrogen) atoms. The van der Waals surface area contributed by atoms with Crippen LogP contribution < -0.4 is 15.0 Å². The number of hydrogen-bond donors (Lipinski definition) is 1. The molecule has 2 aliphatic carbocycles. The first kappa shape index (κ1) is 24.8. The molecular weight excluding hydrogens is 492 g/mol. The number of alkyl halides is 5. The van der Waals surface area contributed by atoms with Crippen LogP contribution in [0.15, 0.2) is 22.6 Å². The maximum absolute atomic E-state index is 14.5. The molecule has 1 aromatic carbocycles. The molecule has 2 heterocycles. The number of fused-ring (bicyclic) bond motifs is 1. The van der Waals surface area contributed by atoms with E-state index < -0.39 is 53.6 Å². The third-order valence-corrected chi connectivity index (χ3v) is 7.17. The average molecular weight is 517 g/mol. The van der Waals surface area contributed by atoms with Gasteiger partial charge in [0.1, 0.15) is 12.2 Å². The first-order valence-electron chi connectivity index (χ1n) is 12.0. The van der Waals surface area contributed by atoms with Gasteiger partial charge < -0.3 is 19.4 Å². The molecule has 5 rings (SSSR count). The number of anilines is 2. The fourth-order valence-corrected chi connectivity index (χ4v) is 5.40. The number of aromatic nitrogens is 1. The summed E-state index contributed by atoms with van der Waals surface area (Å²) in [4.78, 5) is 18.7. The summed E-state index contributed by atoms with van der Waals surface area (Å²) >= 11 is 0. The number of oxazole rings is 1. The van der Waals surface area contributed by atoms with Crippen molar-refractivity contribution in [2.45, 2.75) is 63.1 Å². The Morgan fingerprint density at radius 2 is 1.89 bits per heavy atom. The third-order valence-electron chi connectivity index (χ3n) is 7.17. The highest BCUT2D eigenvalue weighted by Crippen LogP contribution is 2.41. The van der Waals surface area contributed by atoms with E-state index in [0.717, 1.165) is 31.4 Å². The van der Waals surface area contributed by atoms with Gasteiger partial charge in [0.2, 0.25) is 0 Å². The van der Waals surface area contributed by atoms with Crippen LogP contribution in [0.2, 0.25) is 0 Å². The number of nitrogens with zero attached hydrogens (tertiary/aromatic N) is 2. The molecule has 1 saturated heterocycles. The maximum Gasteiger partial charge on any atom is 0.396 e. The Bertz CT molecular complexity index is 1120. The van der Waals surface area contributed by atoms with Gasteiger partial charge in [-0.05, 0) is 49.7 Å². The first-order valence-corrected chi connectivity index (χ1v) is 12.0. The van der Waals surface area contributed by atoms with Gasteiger partial charge in [0, 0.05) is 31.3 Å². The summed E-state index contributed by atoms with van der Waals surface area (Å²) in [5.74, 6) is -5.24. The van der Waals surface area contributed by atoms with E-state index in [1.54, 1.807) is 4.90 Å². The van der Waals surface area contributed by atoms with Gasteiger partial charge in [-0.15, -0.1) is 0 Å². The van der Waals surface area contributed by atoms with E-state index in [-0.39, 0.29) is 31.0 Å². The molecular formula is C24H25F6N3O3. The normalized spacial score (nSPS) is 25.3. The second kappa shape index (κ2) is 9.19. The number of ether oxygens (including phenoxy) is 1. The highest BCUT2D eigenvalue weighted by atomic mass is 19.4. The Balaban J connectivity index is 1.32. The van der Waals surface area contributed by atoms with Crippen LogP contribution in [-0.4, -0.2) is 42.2 Å². The Kier molecular flexibility index (Phi) is 6.32. The van der Waals surface area contributed by atoms with E-state index in [0.29, 0.717) is 24.9 Å². The predicted molar refractivity (Wildman–Crippen MR) is 117 cm³/mol. The van der Waals surface area contributed by atoms with E-state index in [1.165, 1.54) is 6.07 Å². The number of rotatable bonds is 6. The zero-order valence-corrected chi connectivity index (χ0v) is 19.2. The molecule has 3 unspecified atom stereocenters. The van der Waals surface area contributed by atoms with E-state index in [2.05, 4.69) is 10.3 Å². The summed E-state index contributed by atoms with van der Waals surface area (Å²) in [6.07, 6.45) is -4.39. The van der Waals surface area contributed by atoms with Crippen LogP contribution in [0.1, 0.15) is 54.8 Å². The van der Waals surface area contributed by atoms with Crippen molar-refractivity contribution in [1.82, 2.24) is 4.98 Å². The highest BCUT2D eigenvalue weighted by Gasteiger charge is 2.46. The summed E-state index contributed by atoms with van der Waals surface area (Å²) in [6.45, 7) is 1.20. The van der Waals surface area contributed by atoms with Crippen LogP contribution in [0, 0.1) is 17.7 Å². The third kappa shape index (κ3) is 5.12. The summed E-state index contributed by atoms with van der Waals surface area (Å²) in [5, 5.41) is 2.32. The van der Waals surface area contributed by atoms with Gasteiger partial charge in [-0.3, -0.25) is 4.79 Å². The number of carbonyl (C=O) groups is 1. The van der Waals surface area contributed by atoms with Crippen LogP contribution in [-0.2, 0) is 6.42 Å². The van der Waals surface area contributed by atoms with E-state index in [9.17, 15) is 31.1 Å². The minimum atomic E-state index is -4.64. The first-order chi connectivity index (χ1) is 17.0. The van der Waals surface area contributed by atoms with Crippen molar-refractivity contribution in [3.8, 4) is 5.75 Å². The number of hydrogen-bond acceptors (Lipinski definition) is 5. The number of carbonyl (C=O) groups excluding carboxylic acids is 1. The van der Waals surface area contributed by atoms with E-state index in [4.69, 9.17) is 9.15 Å². The molecule has 6 nitrogen and oxygen atoms in total. The highest BCUT2D eigenvalue weighted by molar-refractivity contribution is 6.03. The van der Waals surface area contributed by atoms with Crippen LogP contribution in [0.4, 0.5) is 38.0 Å². The molecule has 1 N–H and O–H groups in total. The van der Waals surface area contributed by atoms with Gasteiger partial charge in [-0.25, -0.2) is 13.2 Å². The number of benzene rings is 1. The fraction of sp³-hybridized carbons (Fsp3) is 0.583. The molecule has 1 aromatic heterocycles. The lowest BCUT2D eigenvalue weighted by Crippen LogP contribution is -2.32. The molecule has 1 aliphatic heterocycles. The molecule has 12 heteroatoms. The summed E-state index contributed by atoms with van der Waals surface area (Å²) in [6, 6.07) is 3.12. The minimum absolute atomic E-state index is 0.0405. The van der Waals surface area contributed by atoms with Gasteiger partial charge >= 0.3 is 6.18 Å². The Hall–Kier alpha value is -2.92. The standard InChI is InChI=1S/C24H25F6N3O3/c25-16-9-15(6-7-17(16)35-19-5-2-8-23(19,26)27)31-21(34)20-18(10-24(28,29)30)36-22(32-20)33-11-13-3-1-4-14(13)12-33/h6-7,9,13-14,19H,1-5,8,10-12H2,(H,31,34). The lowest BCUT2D eigenvalue weighted by molar-refractivity contribution is -0.130. The number of nitrogens with one attached hydrogen (secondary N) is 1. The topological polar surface area (TPSA) is 67.6 Å². The van der Waals surface area contributed by atoms with E-state index in [1.807, 2.05) is 0 Å². The van der Waals surface area contributed by atoms with E-state index >= 15 is 0 Å². The van der Waals surface area contributed by atoms with Gasteiger partial charge in [0.25, 0.3) is 17.8 Å². The summed E-state index contributed by atoms with van der Waals surface area (Å²) in [5.41, 5.74) is -0.632. The molecule has 2 aromatic rings. The van der Waals surface area contributed by atoms with Gasteiger partial charge in [-0.1, -0.05) is 6.42 Å². The van der Waals surface area contributed by atoms with Crippen molar-refractivity contribution in [1.29, 1.82) is 0 Å². The molecule has 0 radical (unpaired) electrons. The number of halogens is 6. The lowest BCUT2D eigenvalue weighted by atomic mass is 10.0. The van der Waals surface area contributed by atoms with Crippen LogP contribution in [0.5, 0.6) is 5.75 Å². The molecule has 0 spiro atoms. The van der Waals surface area contributed by atoms with Crippen molar-refractivity contribution in [3.63, 3.8) is 0 Å². The van der Waals surface area contributed by atoms with Crippen LogP contribution in [0.25, 0.3) is 0 Å². The zero-order valence-electron chi connectivity index (χ0n) is 19.2. The van der Waals surface area contributed by atoms with Gasteiger partial charge in [0.15, 0.2) is 23.4 Å². The lowest BCUT2D eigenvalue weighted by Gasteiger charge is -2.21. The maximum atomic E-state index is 14.5. The number of amides is 1. The second-order valence-corrected chi connectivity index (χ2v) is 9.78. The average Bonchev–Trinajstić information content (AvgIpc) is 3.52. The zero-order chi connectivity index (χ0) is 25.7. The van der Waals surface area contributed by atoms with Crippen molar-refractivity contribution >= 4 is 17.6 Å². The molecule has 1 amide bonds. The second-order valence-electron chi connectivity index (χ2n) is 9.78. The monoisotopic (exact) mass is 517 g/mol. The largest absolute Gasteiger partial charge is 0.481 e. The molecule has 3 aliphatic rings. The summed E-state index contributed by atoms with van der Waals surface area (Å²) in [7, 11) is 0. The van der Waals surface area contributed by atoms with Gasteiger partial charge in [0.05, 0.1) is 0 Å². The fourth-order valence-electron chi connectivity index (χ4n) is 5.40. The Labute approximate surface area is 203 Å². The predicted octanol–water partition coefficient (Wildman–Crippen LogP) is 5.97. The molecule has 3 atom stereocenters. The molecule has 2 saturated carbocycles. The smallest absolute Gasteiger partial charge is 0.396 e. The van der Waals surface area contributed by atoms with Gasteiger partial charge in [-0.2, -0.15) is 18.2 Å². The molecule has 0 bridgehead atoms. The Morgan fingerprint density at radius 3 is 2.50 bits per heavy atom. The van der Waals surface area contributed by atoms with Crippen LogP contribution in [0.3, 0.4) is 0 Å². The van der Waals surface area contributed by atoms with Crippen molar-refractivity contribution in [2.75, 3.05) is 23.3 Å². The van der Waals surface area contributed by atoms with Crippen molar-refractivity contribution in [2.24, 2.45) is 11.8 Å². The Morgan fingerprint density at radius 1 is 1.17 bits per heavy atom. The van der Waals surface area contributed by atoms with Crippen LogP contribution >= 0.6 is 0 Å². The van der Waals surface area contributed by atoms with Crippen molar-refractivity contribution in [3.05, 3.63) is 35.5 Å². The quantitative estimate of drug-likeness (QED) is 0.478.